The Hall–Kier alpha value is -2.00. The van der Waals surface area contributed by atoms with Gasteiger partial charge in [-0.3, -0.25) is 4.79 Å². The second kappa shape index (κ2) is 6.41. The van der Waals surface area contributed by atoms with Gasteiger partial charge in [-0.2, -0.15) is 0 Å². The molecule has 2 aromatic rings. The molecule has 1 aliphatic carbocycles. The lowest BCUT2D eigenvalue weighted by atomic mass is 9.96. The van der Waals surface area contributed by atoms with E-state index in [0.717, 1.165) is 17.9 Å². The molecule has 0 atom stereocenters. The fourth-order valence-electron chi connectivity index (χ4n) is 2.52. The van der Waals surface area contributed by atoms with Gasteiger partial charge in [0.05, 0.1) is 0 Å². The Bertz CT molecular complexity index is 653. The molecular weight excluding hydrogens is 298 g/mol. The van der Waals surface area contributed by atoms with Gasteiger partial charge in [0, 0.05) is 17.0 Å². The zero-order chi connectivity index (χ0) is 15.4. The van der Waals surface area contributed by atoms with Crippen molar-refractivity contribution in [1.82, 2.24) is 5.32 Å². The molecular formula is C18H18ClNO2. The van der Waals surface area contributed by atoms with Gasteiger partial charge in [0.1, 0.15) is 5.75 Å². The molecule has 1 saturated carbocycles. The van der Waals surface area contributed by atoms with Crippen LogP contribution in [0.25, 0.3) is 0 Å². The number of carbonyl (C=O) groups excluding carboxylic acids is 1. The molecule has 0 heterocycles. The molecule has 3 nitrogen and oxygen atoms in total. The van der Waals surface area contributed by atoms with Crippen LogP contribution >= 0.6 is 11.6 Å². The number of hydrogen-bond acceptors (Lipinski definition) is 2. The molecule has 114 valence electrons. The van der Waals surface area contributed by atoms with Crippen LogP contribution in [0.3, 0.4) is 0 Å². The van der Waals surface area contributed by atoms with Crippen LogP contribution in [-0.2, 0) is 10.2 Å². The summed E-state index contributed by atoms with van der Waals surface area (Å²) in [7, 11) is 0. The highest BCUT2D eigenvalue weighted by atomic mass is 35.5. The maximum Gasteiger partial charge on any atom is 0.257 e. The number of benzene rings is 2. The van der Waals surface area contributed by atoms with E-state index in [1.54, 1.807) is 0 Å². The van der Waals surface area contributed by atoms with Gasteiger partial charge >= 0.3 is 0 Å². The van der Waals surface area contributed by atoms with Crippen LogP contribution in [0.15, 0.2) is 54.6 Å². The van der Waals surface area contributed by atoms with Crippen LogP contribution in [0.1, 0.15) is 18.4 Å². The fourth-order valence-corrected chi connectivity index (χ4v) is 2.71. The van der Waals surface area contributed by atoms with Gasteiger partial charge in [-0.25, -0.2) is 0 Å². The van der Waals surface area contributed by atoms with Crippen LogP contribution in [0.5, 0.6) is 5.75 Å². The average molecular weight is 316 g/mol. The van der Waals surface area contributed by atoms with Crippen molar-refractivity contribution >= 4 is 17.5 Å². The Balaban J connectivity index is 1.51. The van der Waals surface area contributed by atoms with Gasteiger partial charge in [-0.05, 0) is 42.7 Å². The highest BCUT2D eigenvalue weighted by Gasteiger charge is 2.44. The van der Waals surface area contributed by atoms with Crippen molar-refractivity contribution < 1.29 is 9.53 Å². The molecule has 0 spiro atoms. The van der Waals surface area contributed by atoms with E-state index in [0.29, 0.717) is 12.3 Å². The summed E-state index contributed by atoms with van der Waals surface area (Å²) in [5.74, 6) is 0.603. The van der Waals surface area contributed by atoms with Crippen LogP contribution in [0.4, 0.5) is 0 Å². The third kappa shape index (κ3) is 3.60. The van der Waals surface area contributed by atoms with Crippen molar-refractivity contribution in [1.29, 1.82) is 0 Å². The number of amides is 1. The Morgan fingerprint density at radius 2 is 1.91 bits per heavy atom. The quantitative estimate of drug-likeness (QED) is 0.885. The molecule has 0 bridgehead atoms. The molecule has 1 fully saturated rings. The molecule has 3 rings (SSSR count). The molecule has 4 heteroatoms. The number of nitrogens with one attached hydrogen (secondary N) is 1. The summed E-state index contributed by atoms with van der Waals surface area (Å²) in [5.41, 5.74) is 1.25. The zero-order valence-electron chi connectivity index (χ0n) is 12.2. The number of para-hydroxylation sites is 1. The Labute approximate surface area is 135 Å². The van der Waals surface area contributed by atoms with Crippen LogP contribution < -0.4 is 10.1 Å². The minimum absolute atomic E-state index is 0.0373. The monoisotopic (exact) mass is 315 g/mol. The highest BCUT2D eigenvalue weighted by Crippen LogP contribution is 2.48. The van der Waals surface area contributed by atoms with Crippen molar-refractivity contribution in [3.05, 3.63) is 65.2 Å². The average Bonchev–Trinajstić information content (AvgIpc) is 3.33. The molecule has 0 unspecified atom stereocenters. The summed E-state index contributed by atoms with van der Waals surface area (Å²) in [6.07, 6.45) is 2.15. The van der Waals surface area contributed by atoms with E-state index in [1.807, 2.05) is 48.5 Å². The third-order valence-corrected chi connectivity index (χ3v) is 4.26. The SMILES string of the molecule is O=C(COc1ccccc1)NCC1(c2cccc(Cl)c2)CC1. The second-order valence-corrected chi connectivity index (χ2v) is 6.11. The molecule has 0 aromatic heterocycles. The Morgan fingerprint density at radius 1 is 1.14 bits per heavy atom. The standard InChI is InChI=1S/C18H18ClNO2/c19-15-6-4-5-14(11-15)18(9-10-18)13-20-17(21)12-22-16-7-2-1-3-8-16/h1-8,11H,9-10,12-13H2,(H,20,21). The van der Waals surface area contributed by atoms with E-state index in [1.165, 1.54) is 5.56 Å². The van der Waals surface area contributed by atoms with Crippen molar-refractivity contribution in [2.24, 2.45) is 0 Å². The fraction of sp³-hybridized carbons (Fsp3) is 0.278. The van der Waals surface area contributed by atoms with Gasteiger partial charge in [0.2, 0.25) is 0 Å². The minimum Gasteiger partial charge on any atom is -0.484 e. The van der Waals surface area contributed by atoms with E-state index in [-0.39, 0.29) is 17.9 Å². The van der Waals surface area contributed by atoms with Gasteiger partial charge in [-0.1, -0.05) is 41.9 Å². The molecule has 0 saturated heterocycles. The summed E-state index contributed by atoms with van der Waals surface area (Å²) in [4.78, 5) is 11.9. The van der Waals surface area contributed by atoms with Gasteiger partial charge < -0.3 is 10.1 Å². The number of ether oxygens (including phenoxy) is 1. The van der Waals surface area contributed by atoms with Crippen molar-refractivity contribution in [2.75, 3.05) is 13.2 Å². The van der Waals surface area contributed by atoms with E-state index in [2.05, 4.69) is 11.4 Å². The minimum atomic E-state index is -0.0999. The topological polar surface area (TPSA) is 38.3 Å². The van der Waals surface area contributed by atoms with Crippen molar-refractivity contribution in [3.8, 4) is 5.75 Å². The lowest BCUT2D eigenvalue weighted by Gasteiger charge is -2.17. The van der Waals surface area contributed by atoms with Crippen molar-refractivity contribution in [3.63, 3.8) is 0 Å². The number of hydrogen-bond donors (Lipinski definition) is 1. The van der Waals surface area contributed by atoms with Gasteiger partial charge in [-0.15, -0.1) is 0 Å². The van der Waals surface area contributed by atoms with Crippen LogP contribution in [-0.4, -0.2) is 19.1 Å². The van der Waals surface area contributed by atoms with Crippen LogP contribution in [0.2, 0.25) is 5.02 Å². The Kier molecular flexibility index (Phi) is 4.34. The molecule has 22 heavy (non-hydrogen) atoms. The first kappa shape index (κ1) is 14.9. The molecule has 1 N–H and O–H groups in total. The van der Waals surface area contributed by atoms with E-state index < -0.39 is 0 Å². The summed E-state index contributed by atoms with van der Waals surface area (Å²) in [6, 6.07) is 17.2. The maximum atomic E-state index is 11.9. The molecule has 1 aliphatic rings. The van der Waals surface area contributed by atoms with E-state index in [4.69, 9.17) is 16.3 Å². The number of carbonyl (C=O) groups is 1. The summed E-state index contributed by atoms with van der Waals surface area (Å²) in [5, 5.41) is 3.71. The maximum absolute atomic E-state index is 11.9. The van der Waals surface area contributed by atoms with E-state index >= 15 is 0 Å². The summed E-state index contributed by atoms with van der Waals surface area (Å²) < 4.78 is 5.45. The normalized spacial score (nSPS) is 15.1. The second-order valence-electron chi connectivity index (χ2n) is 5.67. The number of halogens is 1. The molecule has 0 aliphatic heterocycles. The molecule has 2 aromatic carbocycles. The number of rotatable bonds is 6. The lowest BCUT2D eigenvalue weighted by molar-refractivity contribution is -0.123. The first-order valence-corrected chi connectivity index (χ1v) is 7.76. The predicted octanol–water partition coefficient (Wildman–Crippen LogP) is 3.57. The van der Waals surface area contributed by atoms with E-state index in [9.17, 15) is 4.79 Å². The zero-order valence-corrected chi connectivity index (χ0v) is 13.0. The van der Waals surface area contributed by atoms with Crippen molar-refractivity contribution in [2.45, 2.75) is 18.3 Å². The lowest BCUT2D eigenvalue weighted by Crippen LogP contribution is -2.35. The van der Waals surface area contributed by atoms with Crippen LogP contribution in [0, 0.1) is 0 Å². The first-order chi connectivity index (χ1) is 10.7. The highest BCUT2D eigenvalue weighted by molar-refractivity contribution is 6.30. The van der Waals surface area contributed by atoms with Gasteiger partial charge in [0.25, 0.3) is 5.91 Å². The smallest absolute Gasteiger partial charge is 0.257 e. The first-order valence-electron chi connectivity index (χ1n) is 7.39. The summed E-state index contributed by atoms with van der Waals surface area (Å²) in [6.45, 7) is 0.667. The third-order valence-electron chi connectivity index (χ3n) is 4.03. The summed E-state index contributed by atoms with van der Waals surface area (Å²) >= 11 is 6.05. The van der Waals surface area contributed by atoms with Gasteiger partial charge in [0.15, 0.2) is 6.61 Å². The predicted molar refractivity (Wildman–Crippen MR) is 87.3 cm³/mol. The largest absolute Gasteiger partial charge is 0.484 e. The Morgan fingerprint density at radius 3 is 2.59 bits per heavy atom. The molecule has 0 radical (unpaired) electrons. The molecule has 1 amide bonds.